The number of rotatable bonds is 7. The maximum absolute atomic E-state index is 13.3. The van der Waals surface area contributed by atoms with E-state index in [0.717, 1.165) is 68.2 Å². The molecule has 0 saturated carbocycles. The van der Waals surface area contributed by atoms with Crippen LogP contribution >= 0.6 is 0 Å². The minimum absolute atomic E-state index is 0.176. The van der Waals surface area contributed by atoms with E-state index in [4.69, 9.17) is 4.74 Å². The number of guanidine groups is 1. The predicted molar refractivity (Wildman–Crippen MR) is 112 cm³/mol. The van der Waals surface area contributed by atoms with Gasteiger partial charge in [0.05, 0.1) is 12.7 Å². The standard InChI is InChI=1S/C21H32FN5O/c1-15(2)13-27-8-9-28-18(14-27)12-26-21(23-3)24-7-6-16-11-25-20-10-17(22)4-5-19(16)20/h4-5,10-11,15,18,25H,6-9,12-14H2,1-3H3,(H2,23,24,26). The second-order valence-electron chi connectivity index (χ2n) is 7.78. The van der Waals surface area contributed by atoms with E-state index in [1.54, 1.807) is 7.05 Å². The second kappa shape index (κ2) is 9.89. The smallest absolute Gasteiger partial charge is 0.191 e. The lowest BCUT2D eigenvalue weighted by molar-refractivity contribution is -0.0284. The van der Waals surface area contributed by atoms with Gasteiger partial charge < -0.3 is 20.4 Å². The summed E-state index contributed by atoms with van der Waals surface area (Å²) in [6, 6.07) is 4.85. The van der Waals surface area contributed by atoms with E-state index in [1.807, 2.05) is 12.3 Å². The molecular weight excluding hydrogens is 357 g/mol. The summed E-state index contributed by atoms with van der Waals surface area (Å²) in [7, 11) is 1.77. The van der Waals surface area contributed by atoms with Gasteiger partial charge >= 0.3 is 0 Å². The van der Waals surface area contributed by atoms with Crippen molar-refractivity contribution >= 4 is 16.9 Å². The van der Waals surface area contributed by atoms with Gasteiger partial charge in [-0.2, -0.15) is 0 Å². The number of halogens is 1. The van der Waals surface area contributed by atoms with E-state index in [9.17, 15) is 4.39 Å². The van der Waals surface area contributed by atoms with Crippen LogP contribution in [0.2, 0.25) is 0 Å². The summed E-state index contributed by atoms with van der Waals surface area (Å²) in [6.45, 7) is 9.84. The lowest BCUT2D eigenvalue weighted by Crippen LogP contribution is -2.50. The van der Waals surface area contributed by atoms with Gasteiger partial charge in [0.25, 0.3) is 0 Å². The van der Waals surface area contributed by atoms with Crippen LogP contribution in [0.3, 0.4) is 0 Å². The Morgan fingerprint density at radius 2 is 2.25 bits per heavy atom. The quantitative estimate of drug-likeness (QED) is 0.503. The Morgan fingerprint density at radius 1 is 1.39 bits per heavy atom. The van der Waals surface area contributed by atoms with Crippen LogP contribution in [0.4, 0.5) is 4.39 Å². The van der Waals surface area contributed by atoms with Gasteiger partial charge in [0.1, 0.15) is 5.82 Å². The number of morpholine rings is 1. The largest absolute Gasteiger partial charge is 0.374 e. The predicted octanol–water partition coefficient (Wildman–Crippen LogP) is 2.37. The molecule has 1 atom stereocenters. The first-order valence-corrected chi connectivity index (χ1v) is 10.1. The van der Waals surface area contributed by atoms with Gasteiger partial charge in [-0.3, -0.25) is 9.89 Å². The Kier molecular flexibility index (Phi) is 7.28. The number of fused-ring (bicyclic) bond motifs is 1. The molecule has 1 aromatic carbocycles. The molecule has 3 N–H and O–H groups in total. The van der Waals surface area contributed by atoms with Crippen LogP contribution in [0.1, 0.15) is 19.4 Å². The lowest BCUT2D eigenvalue weighted by Gasteiger charge is -2.34. The molecule has 1 unspecified atom stereocenters. The molecule has 154 valence electrons. The van der Waals surface area contributed by atoms with E-state index in [-0.39, 0.29) is 11.9 Å². The number of aromatic nitrogens is 1. The van der Waals surface area contributed by atoms with Crippen LogP contribution in [0.15, 0.2) is 29.4 Å². The van der Waals surface area contributed by atoms with Crippen molar-refractivity contribution in [3.63, 3.8) is 0 Å². The molecule has 0 bridgehead atoms. The van der Waals surface area contributed by atoms with Crippen molar-refractivity contribution < 1.29 is 9.13 Å². The van der Waals surface area contributed by atoms with Crippen LogP contribution in [0.25, 0.3) is 10.9 Å². The van der Waals surface area contributed by atoms with Gasteiger partial charge in [-0.1, -0.05) is 13.8 Å². The van der Waals surface area contributed by atoms with Crippen molar-refractivity contribution in [3.05, 3.63) is 35.8 Å². The third kappa shape index (κ3) is 5.69. The first-order valence-electron chi connectivity index (χ1n) is 10.1. The fourth-order valence-electron chi connectivity index (χ4n) is 3.70. The summed E-state index contributed by atoms with van der Waals surface area (Å²) < 4.78 is 19.2. The summed E-state index contributed by atoms with van der Waals surface area (Å²) >= 11 is 0. The number of aliphatic imine (C=N–C) groups is 1. The maximum Gasteiger partial charge on any atom is 0.191 e. The highest BCUT2D eigenvalue weighted by Gasteiger charge is 2.21. The van der Waals surface area contributed by atoms with E-state index in [0.29, 0.717) is 5.92 Å². The Labute approximate surface area is 166 Å². The number of nitrogens with one attached hydrogen (secondary N) is 3. The Bertz CT molecular complexity index is 788. The number of aromatic amines is 1. The van der Waals surface area contributed by atoms with Gasteiger partial charge in [-0.25, -0.2) is 4.39 Å². The third-order valence-corrected chi connectivity index (χ3v) is 4.98. The van der Waals surface area contributed by atoms with Crippen LogP contribution in [0, 0.1) is 11.7 Å². The number of nitrogens with zero attached hydrogens (tertiary/aromatic N) is 2. The summed E-state index contributed by atoms with van der Waals surface area (Å²) in [6.07, 6.45) is 2.95. The SMILES string of the molecule is CN=C(NCCc1c[nH]c2cc(F)ccc12)NCC1CN(CC(C)C)CCO1. The fourth-order valence-corrected chi connectivity index (χ4v) is 3.70. The summed E-state index contributed by atoms with van der Waals surface area (Å²) in [5.41, 5.74) is 2.00. The molecular formula is C21H32FN5O. The zero-order valence-corrected chi connectivity index (χ0v) is 17.1. The van der Waals surface area contributed by atoms with Crippen LogP contribution in [-0.4, -0.2) is 68.3 Å². The Morgan fingerprint density at radius 3 is 3.04 bits per heavy atom. The van der Waals surface area contributed by atoms with Gasteiger partial charge in [-0.05, 0) is 36.1 Å². The highest BCUT2D eigenvalue weighted by atomic mass is 19.1. The molecule has 3 rings (SSSR count). The molecule has 1 aliphatic heterocycles. The number of benzene rings is 1. The number of H-pyrrole nitrogens is 1. The number of hydrogen-bond acceptors (Lipinski definition) is 3. The highest BCUT2D eigenvalue weighted by molar-refractivity contribution is 5.83. The molecule has 0 spiro atoms. The van der Waals surface area contributed by atoms with Crippen molar-refractivity contribution in [2.45, 2.75) is 26.4 Å². The van der Waals surface area contributed by atoms with Crippen molar-refractivity contribution in [2.75, 3.05) is 46.4 Å². The molecule has 0 amide bonds. The molecule has 28 heavy (non-hydrogen) atoms. The van der Waals surface area contributed by atoms with Crippen molar-refractivity contribution in [1.29, 1.82) is 0 Å². The first-order chi connectivity index (χ1) is 13.5. The molecule has 0 radical (unpaired) electrons. The second-order valence-corrected chi connectivity index (χ2v) is 7.78. The third-order valence-electron chi connectivity index (χ3n) is 4.98. The molecule has 1 aliphatic rings. The Hall–Kier alpha value is -2.12. The average molecular weight is 390 g/mol. The number of hydrogen-bond donors (Lipinski definition) is 3. The van der Waals surface area contributed by atoms with Crippen molar-refractivity contribution in [1.82, 2.24) is 20.5 Å². The topological polar surface area (TPSA) is 64.7 Å². The average Bonchev–Trinajstić information content (AvgIpc) is 3.06. The zero-order valence-electron chi connectivity index (χ0n) is 17.1. The molecule has 7 heteroatoms. The zero-order chi connectivity index (χ0) is 19.9. The minimum Gasteiger partial charge on any atom is -0.374 e. The van der Waals surface area contributed by atoms with Gasteiger partial charge in [0, 0.05) is 56.9 Å². The molecule has 6 nitrogen and oxygen atoms in total. The molecule has 2 heterocycles. The highest BCUT2D eigenvalue weighted by Crippen LogP contribution is 2.19. The summed E-state index contributed by atoms with van der Waals surface area (Å²) in [5.74, 6) is 1.22. The van der Waals surface area contributed by atoms with Gasteiger partial charge in [-0.15, -0.1) is 0 Å². The molecule has 0 aliphatic carbocycles. The summed E-state index contributed by atoms with van der Waals surface area (Å²) in [4.78, 5) is 9.90. The van der Waals surface area contributed by atoms with E-state index in [1.165, 1.54) is 12.1 Å². The monoisotopic (exact) mass is 389 g/mol. The van der Waals surface area contributed by atoms with Crippen LogP contribution in [-0.2, 0) is 11.2 Å². The van der Waals surface area contributed by atoms with Crippen molar-refractivity contribution in [3.8, 4) is 0 Å². The van der Waals surface area contributed by atoms with E-state index >= 15 is 0 Å². The first kappa shape index (κ1) is 20.6. The van der Waals surface area contributed by atoms with Crippen LogP contribution < -0.4 is 10.6 Å². The van der Waals surface area contributed by atoms with Gasteiger partial charge in [0.15, 0.2) is 5.96 Å². The normalized spacial score (nSPS) is 18.8. The maximum atomic E-state index is 13.3. The molecule has 1 aromatic heterocycles. The molecule has 1 saturated heterocycles. The fraction of sp³-hybridized carbons (Fsp3) is 0.571. The minimum atomic E-state index is -0.222. The van der Waals surface area contributed by atoms with E-state index < -0.39 is 0 Å². The Balaban J connectivity index is 1.43. The molecule has 2 aromatic rings. The lowest BCUT2D eigenvalue weighted by atomic mass is 10.1. The number of ether oxygens (including phenoxy) is 1. The van der Waals surface area contributed by atoms with Gasteiger partial charge in [0.2, 0.25) is 0 Å². The summed E-state index contributed by atoms with van der Waals surface area (Å²) in [5, 5.41) is 7.78. The molecule has 1 fully saturated rings. The van der Waals surface area contributed by atoms with Crippen LogP contribution in [0.5, 0.6) is 0 Å². The van der Waals surface area contributed by atoms with E-state index in [2.05, 4.69) is 39.4 Å². The van der Waals surface area contributed by atoms with Crippen molar-refractivity contribution in [2.24, 2.45) is 10.9 Å².